The molecule has 0 spiro atoms. The summed E-state index contributed by atoms with van der Waals surface area (Å²) in [5.41, 5.74) is 1.45. The van der Waals surface area contributed by atoms with Crippen LogP contribution in [0.1, 0.15) is 36.6 Å². The highest BCUT2D eigenvalue weighted by Crippen LogP contribution is 2.39. The number of aliphatic hydroxyl groups excluding tert-OH is 1. The molecule has 0 aromatic carbocycles. The standard InChI is InChI=1S/C14H19N3OS/c1-2-9(6-7-18)17-13-12-10-4-3-5-11(10)19-14(12)16-8-15-13/h8-9,18H,2-7H2,1H3,(H,15,16,17). The van der Waals surface area contributed by atoms with E-state index in [0.717, 1.165) is 29.9 Å². The molecule has 2 N–H and O–H groups in total. The number of hydrogen-bond donors (Lipinski definition) is 2. The Morgan fingerprint density at radius 3 is 3.11 bits per heavy atom. The first-order chi connectivity index (χ1) is 9.33. The van der Waals surface area contributed by atoms with Crippen molar-refractivity contribution in [3.8, 4) is 0 Å². The molecule has 2 aromatic rings. The Morgan fingerprint density at radius 1 is 1.42 bits per heavy atom. The number of aromatic nitrogens is 2. The van der Waals surface area contributed by atoms with Crippen LogP contribution in [0, 0.1) is 0 Å². The normalized spacial score (nSPS) is 15.7. The molecule has 0 fully saturated rings. The molecule has 0 bridgehead atoms. The van der Waals surface area contributed by atoms with Crippen LogP contribution in [0.15, 0.2) is 6.33 Å². The van der Waals surface area contributed by atoms with Gasteiger partial charge in [0.05, 0.1) is 5.39 Å². The largest absolute Gasteiger partial charge is 0.396 e. The molecule has 0 saturated carbocycles. The van der Waals surface area contributed by atoms with Crippen LogP contribution in [0.25, 0.3) is 10.2 Å². The Bertz CT molecular complexity index is 581. The van der Waals surface area contributed by atoms with Gasteiger partial charge in [-0.2, -0.15) is 0 Å². The number of nitrogens with one attached hydrogen (secondary N) is 1. The minimum Gasteiger partial charge on any atom is -0.396 e. The number of rotatable bonds is 5. The zero-order valence-electron chi connectivity index (χ0n) is 11.1. The maximum absolute atomic E-state index is 9.10. The summed E-state index contributed by atoms with van der Waals surface area (Å²) in [6.45, 7) is 2.34. The lowest BCUT2D eigenvalue weighted by atomic mass is 10.1. The van der Waals surface area contributed by atoms with E-state index in [4.69, 9.17) is 5.11 Å². The van der Waals surface area contributed by atoms with Gasteiger partial charge in [-0.3, -0.25) is 0 Å². The molecular formula is C14H19N3OS. The molecule has 4 nitrogen and oxygen atoms in total. The Balaban J connectivity index is 1.98. The fourth-order valence-corrected chi connectivity index (χ4v) is 3.99. The molecule has 2 heterocycles. The Morgan fingerprint density at radius 2 is 2.32 bits per heavy atom. The van der Waals surface area contributed by atoms with Crippen molar-refractivity contribution in [2.24, 2.45) is 0 Å². The van der Waals surface area contributed by atoms with E-state index in [1.165, 1.54) is 28.7 Å². The van der Waals surface area contributed by atoms with Crippen LogP contribution in [0.4, 0.5) is 5.82 Å². The zero-order chi connectivity index (χ0) is 13.2. The number of nitrogens with zero attached hydrogens (tertiary/aromatic N) is 2. The number of aliphatic hydroxyl groups is 1. The highest BCUT2D eigenvalue weighted by molar-refractivity contribution is 7.19. The van der Waals surface area contributed by atoms with Crippen molar-refractivity contribution < 1.29 is 5.11 Å². The molecular weight excluding hydrogens is 258 g/mol. The fourth-order valence-electron chi connectivity index (χ4n) is 2.77. The van der Waals surface area contributed by atoms with Crippen molar-refractivity contribution in [3.63, 3.8) is 0 Å². The SMILES string of the molecule is CCC(CCO)Nc1ncnc2sc3c(c12)CCC3. The molecule has 0 amide bonds. The average molecular weight is 277 g/mol. The quantitative estimate of drug-likeness (QED) is 0.882. The molecule has 1 aliphatic rings. The summed E-state index contributed by atoms with van der Waals surface area (Å²) in [6, 6.07) is 0.278. The van der Waals surface area contributed by atoms with E-state index in [1.54, 1.807) is 6.33 Å². The van der Waals surface area contributed by atoms with Gasteiger partial charge in [0.25, 0.3) is 0 Å². The first-order valence-corrected chi connectivity index (χ1v) is 7.77. The zero-order valence-corrected chi connectivity index (χ0v) is 12.0. The lowest BCUT2D eigenvalue weighted by Crippen LogP contribution is -2.20. The molecule has 3 rings (SSSR count). The number of aryl methyl sites for hydroxylation is 2. The molecule has 0 aliphatic heterocycles. The highest BCUT2D eigenvalue weighted by Gasteiger charge is 2.21. The third-order valence-electron chi connectivity index (χ3n) is 3.81. The van der Waals surface area contributed by atoms with Crippen molar-refractivity contribution in [1.82, 2.24) is 9.97 Å². The maximum atomic E-state index is 9.10. The number of hydrogen-bond acceptors (Lipinski definition) is 5. The topological polar surface area (TPSA) is 58.0 Å². The van der Waals surface area contributed by atoms with Gasteiger partial charge < -0.3 is 10.4 Å². The van der Waals surface area contributed by atoms with Crippen LogP contribution < -0.4 is 5.32 Å². The molecule has 1 atom stereocenters. The van der Waals surface area contributed by atoms with Gasteiger partial charge in [-0.1, -0.05) is 6.92 Å². The molecule has 5 heteroatoms. The summed E-state index contributed by atoms with van der Waals surface area (Å²) in [4.78, 5) is 11.4. The van der Waals surface area contributed by atoms with Crippen molar-refractivity contribution in [3.05, 3.63) is 16.8 Å². The molecule has 19 heavy (non-hydrogen) atoms. The Kier molecular flexibility index (Phi) is 3.66. The summed E-state index contributed by atoms with van der Waals surface area (Å²) >= 11 is 1.81. The van der Waals surface area contributed by atoms with Crippen LogP contribution in [0.3, 0.4) is 0 Å². The number of fused-ring (bicyclic) bond motifs is 3. The van der Waals surface area contributed by atoms with Gasteiger partial charge in [-0.05, 0) is 37.7 Å². The summed E-state index contributed by atoms with van der Waals surface area (Å²) in [7, 11) is 0. The van der Waals surface area contributed by atoms with E-state index in [2.05, 4.69) is 22.2 Å². The van der Waals surface area contributed by atoms with Gasteiger partial charge in [0.15, 0.2) is 0 Å². The smallest absolute Gasteiger partial charge is 0.138 e. The van der Waals surface area contributed by atoms with Crippen LogP contribution in [0.5, 0.6) is 0 Å². The van der Waals surface area contributed by atoms with Crippen LogP contribution >= 0.6 is 11.3 Å². The molecule has 2 aromatic heterocycles. The van der Waals surface area contributed by atoms with Gasteiger partial charge in [0.1, 0.15) is 17.0 Å². The third-order valence-corrected chi connectivity index (χ3v) is 5.01. The van der Waals surface area contributed by atoms with E-state index in [1.807, 2.05) is 11.3 Å². The van der Waals surface area contributed by atoms with E-state index < -0.39 is 0 Å². The molecule has 0 radical (unpaired) electrons. The summed E-state index contributed by atoms with van der Waals surface area (Å²) in [5.74, 6) is 0.949. The third kappa shape index (κ3) is 2.32. The van der Waals surface area contributed by atoms with E-state index in [9.17, 15) is 0 Å². The number of thiophene rings is 1. The van der Waals surface area contributed by atoms with Crippen LogP contribution in [-0.2, 0) is 12.8 Å². The Hall–Kier alpha value is -1.20. The first-order valence-electron chi connectivity index (χ1n) is 6.96. The Labute approximate surface area is 116 Å². The van der Waals surface area contributed by atoms with Crippen molar-refractivity contribution in [2.45, 2.75) is 45.1 Å². The second-order valence-corrected chi connectivity index (χ2v) is 6.11. The fraction of sp³-hybridized carbons (Fsp3) is 0.571. The van der Waals surface area contributed by atoms with Gasteiger partial charge in [-0.25, -0.2) is 9.97 Å². The lowest BCUT2D eigenvalue weighted by molar-refractivity contribution is 0.278. The monoisotopic (exact) mass is 277 g/mol. The van der Waals surface area contributed by atoms with Crippen LogP contribution in [0.2, 0.25) is 0 Å². The van der Waals surface area contributed by atoms with Gasteiger partial charge in [0.2, 0.25) is 0 Å². The van der Waals surface area contributed by atoms with E-state index in [0.29, 0.717) is 0 Å². The average Bonchev–Trinajstić information content (AvgIpc) is 2.98. The molecule has 0 saturated heterocycles. The lowest BCUT2D eigenvalue weighted by Gasteiger charge is -2.17. The predicted molar refractivity (Wildman–Crippen MR) is 78.8 cm³/mol. The maximum Gasteiger partial charge on any atom is 0.138 e. The van der Waals surface area contributed by atoms with Gasteiger partial charge in [-0.15, -0.1) is 11.3 Å². The van der Waals surface area contributed by atoms with Crippen LogP contribution in [-0.4, -0.2) is 27.7 Å². The van der Waals surface area contributed by atoms with Crippen molar-refractivity contribution in [2.75, 3.05) is 11.9 Å². The minimum atomic E-state index is 0.210. The van der Waals surface area contributed by atoms with Gasteiger partial charge in [0, 0.05) is 17.5 Å². The molecule has 1 aliphatic carbocycles. The molecule has 1 unspecified atom stereocenters. The second-order valence-electron chi connectivity index (χ2n) is 5.02. The van der Waals surface area contributed by atoms with Gasteiger partial charge >= 0.3 is 0 Å². The number of anilines is 1. The van der Waals surface area contributed by atoms with E-state index >= 15 is 0 Å². The second kappa shape index (κ2) is 5.43. The predicted octanol–water partition coefficient (Wildman–Crippen LogP) is 2.75. The highest BCUT2D eigenvalue weighted by atomic mass is 32.1. The van der Waals surface area contributed by atoms with Crippen molar-refractivity contribution in [1.29, 1.82) is 0 Å². The summed E-state index contributed by atoms with van der Waals surface area (Å²) < 4.78 is 0. The molecule has 102 valence electrons. The summed E-state index contributed by atoms with van der Waals surface area (Å²) in [5, 5.41) is 13.8. The van der Waals surface area contributed by atoms with Crippen molar-refractivity contribution >= 4 is 27.4 Å². The van der Waals surface area contributed by atoms with E-state index in [-0.39, 0.29) is 12.6 Å². The first kappa shape index (κ1) is 12.8. The summed E-state index contributed by atoms with van der Waals surface area (Å²) in [6.07, 6.45) is 6.96. The minimum absolute atomic E-state index is 0.210.